The van der Waals surface area contributed by atoms with Gasteiger partial charge in [-0.2, -0.15) is 0 Å². The molecule has 0 aromatic heterocycles. The van der Waals surface area contributed by atoms with Gasteiger partial charge in [0.25, 0.3) is 5.91 Å². The highest BCUT2D eigenvalue weighted by atomic mass is 16.6. The standard InChI is InChI=1S/C22H26N2O6/c1-5-15-6-8-16(9-7-15)21(14(2)3)23-20(25)13-30-22(26)17-10-11-19(29-4)18(12-17)24(27)28/h6-12,14,21H,5,13H2,1-4H3,(H,23,25)/t21-/m1/s1. The molecule has 1 amide bonds. The molecule has 0 bridgehead atoms. The highest BCUT2D eigenvalue weighted by Gasteiger charge is 2.21. The summed E-state index contributed by atoms with van der Waals surface area (Å²) in [6.07, 6.45) is 0.929. The van der Waals surface area contributed by atoms with Crippen LogP contribution >= 0.6 is 0 Å². The molecule has 0 aliphatic rings. The Kier molecular flexibility index (Phi) is 7.91. The van der Waals surface area contributed by atoms with Gasteiger partial charge in [0.1, 0.15) is 0 Å². The number of carbonyl (C=O) groups excluding carboxylic acids is 2. The SMILES string of the molecule is CCc1ccc([C@H](NC(=O)COC(=O)c2ccc(OC)c([N+](=O)[O-])c2)C(C)C)cc1. The summed E-state index contributed by atoms with van der Waals surface area (Å²) in [6.45, 7) is 5.56. The zero-order valence-electron chi connectivity index (χ0n) is 17.5. The molecule has 2 aromatic carbocycles. The molecule has 1 atom stereocenters. The topological polar surface area (TPSA) is 108 Å². The minimum Gasteiger partial charge on any atom is -0.490 e. The van der Waals surface area contributed by atoms with Crippen LogP contribution in [0.3, 0.4) is 0 Å². The molecule has 0 fully saturated rings. The van der Waals surface area contributed by atoms with Crippen LogP contribution in [0, 0.1) is 16.0 Å². The van der Waals surface area contributed by atoms with Crippen molar-refractivity contribution in [2.75, 3.05) is 13.7 Å². The van der Waals surface area contributed by atoms with Crippen molar-refractivity contribution < 1.29 is 24.0 Å². The van der Waals surface area contributed by atoms with Crippen LogP contribution in [0.25, 0.3) is 0 Å². The second kappa shape index (κ2) is 10.4. The number of nitro benzene ring substituents is 1. The summed E-state index contributed by atoms with van der Waals surface area (Å²) in [4.78, 5) is 35.0. The van der Waals surface area contributed by atoms with Crippen molar-refractivity contribution in [1.29, 1.82) is 0 Å². The first-order valence-electron chi connectivity index (χ1n) is 9.64. The number of hydrogen-bond donors (Lipinski definition) is 1. The Morgan fingerprint density at radius 3 is 2.33 bits per heavy atom. The number of methoxy groups -OCH3 is 1. The Balaban J connectivity index is 2.02. The van der Waals surface area contributed by atoms with Crippen LogP contribution in [-0.2, 0) is 16.0 Å². The van der Waals surface area contributed by atoms with E-state index in [1.807, 2.05) is 38.1 Å². The van der Waals surface area contributed by atoms with Crippen LogP contribution in [0.1, 0.15) is 48.3 Å². The molecule has 0 unspecified atom stereocenters. The van der Waals surface area contributed by atoms with Crippen molar-refractivity contribution in [3.8, 4) is 5.75 Å². The maximum atomic E-state index is 12.3. The number of benzene rings is 2. The van der Waals surface area contributed by atoms with E-state index >= 15 is 0 Å². The quantitative estimate of drug-likeness (QED) is 0.379. The molecule has 1 N–H and O–H groups in total. The second-order valence-electron chi connectivity index (χ2n) is 7.10. The van der Waals surface area contributed by atoms with Gasteiger partial charge in [-0.15, -0.1) is 0 Å². The van der Waals surface area contributed by atoms with Gasteiger partial charge in [-0.05, 0) is 35.6 Å². The third kappa shape index (κ3) is 5.79. The fraction of sp³-hybridized carbons (Fsp3) is 0.364. The van der Waals surface area contributed by atoms with Crippen molar-refractivity contribution in [3.63, 3.8) is 0 Å². The van der Waals surface area contributed by atoms with Gasteiger partial charge < -0.3 is 14.8 Å². The van der Waals surface area contributed by atoms with Crippen molar-refractivity contribution >= 4 is 17.6 Å². The maximum absolute atomic E-state index is 12.3. The Hall–Kier alpha value is -3.42. The molecule has 0 radical (unpaired) electrons. The van der Waals surface area contributed by atoms with E-state index in [-0.39, 0.29) is 29.0 Å². The Morgan fingerprint density at radius 2 is 1.80 bits per heavy atom. The first kappa shape index (κ1) is 22.9. The summed E-state index contributed by atoms with van der Waals surface area (Å²) in [6, 6.07) is 11.5. The van der Waals surface area contributed by atoms with Gasteiger partial charge in [-0.3, -0.25) is 14.9 Å². The van der Waals surface area contributed by atoms with Gasteiger partial charge in [-0.25, -0.2) is 4.79 Å². The van der Waals surface area contributed by atoms with Crippen LogP contribution in [0.15, 0.2) is 42.5 Å². The van der Waals surface area contributed by atoms with Crippen molar-refractivity contribution in [2.24, 2.45) is 5.92 Å². The molecule has 30 heavy (non-hydrogen) atoms. The van der Waals surface area contributed by atoms with Gasteiger partial charge in [0.15, 0.2) is 12.4 Å². The number of carbonyl (C=O) groups is 2. The van der Waals surface area contributed by atoms with E-state index in [9.17, 15) is 19.7 Å². The number of ether oxygens (including phenoxy) is 2. The average molecular weight is 414 g/mol. The summed E-state index contributed by atoms with van der Waals surface area (Å²) in [5, 5.41) is 14.0. The van der Waals surface area contributed by atoms with E-state index in [0.29, 0.717) is 0 Å². The Morgan fingerprint density at radius 1 is 1.13 bits per heavy atom. The lowest BCUT2D eigenvalue weighted by Crippen LogP contribution is -2.35. The van der Waals surface area contributed by atoms with Crippen molar-refractivity contribution in [3.05, 3.63) is 69.3 Å². The maximum Gasteiger partial charge on any atom is 0.338 e. The predicted octanol–water partition coefficient (Wildman–Crippen LogP) is 3.84. The summed E-state index contributed by atoms with van der Waals surface area (Å²) >= 11 is 0. The lowest BCUT2D eigenvalue weighted by Gasteiger charge is -2.23. The molecule has 0 saturated carbocycles. The van der Waals surface area contributed by atoms with E-state index in [0.717, 1.165) is 18.1 Å². The second-order valence-corrected chi connectivity index (χ2v) is 7.10. The van der Waals surface area contributed by atoms with Gasteiger partial charge >= 0.3 is 11.7 Å². The number of rotatable bonds is 9. The summed E-state index contributed by atoms with van der Waals surface area (Å²) < 4.78 is 9.94. The fourth-order valence-electron chi connectivity index (χ4n) is 2.98. The van der Waals surface area contributed by atoms with Crippen LogP contribution in [0.4, 0.5) is 5.69 Å². The molecule has 0 aliphatic heterocycles. The van der Waals surface area contributed by atoms with Crippen LogP contribution in [0.2, 0.25) is 0 Å². The third-order valence-electron chi connectivity index (χ3n) is 4.68. The zero-order chi connectivity index (χ0) is 22.3. The van der Waals surface area contributed by atoms with E-state index in [2.05, 4.69) is 12.2 Å². The number of nitrogens with zero attached hydrogens (tertiary/aromatic N) is 1. The molecule has 0 spiro atoms. The zero-order valence-corrected chi connectivity index (χ0v) is 17.5. The summed E-state index contributed by atoms with van der Waals surface area (Å²) in [7, 11) is 1.30. The lowest BCUT2D eigenvalue weighted by atomic mass is 9.95. The molecule has 2 rings (SSSR count). The number of amides is 1. The lowest BCUT2D eigenvalue weighted by molar-refractivity contribution is -0.385. The van der Waals surface area contributed by atoms with Gasteiger partial charge in [0.2, 0.25) is 0 Å². The molecule has 0 saturated heterocycles. The Bertz CT molecular complexity index is 908. The third-order valence-corrected chi connectivity index (χ3v) is 4.68. The van der Waals surface area contributed by atoms with E-state index < -0.39 is 23.4 Å². The number of nitro groups is 1. The van der Waals surface area contributed by atoms with E-state index in [1.54, 1.807) is 0 Å². The molecule has 8 nitrogen and oxygen atoms in total. The molecular formula is C22H26N2O6. The first-order valence-corrected chi connectivity index (χ1v) is 9.64. The minimum absolute atomic E-state index is 0.0307. The number of nitrogens with one attached hydrogen (secondary N) is 1. The van der Waals surface area contributed by atoms with E-state index in [1.165, 1.54) is 24.8 Å². The smallest absolute Gasteiger partial charge is 0.338 e. The van der Waals surface area contributed by atoms with Gasteiger partial charge in [-0.1, -0.05) is 45.0 Å². The molecule has 160 valence electrons. The van der Waals surface area contributed by atoms with Gasteiger partial charge in [0.05, 0.1) is 23.6 Å². The van der Waals surface area contributed by atoms with Crippen LogP contribution in [-0.4, -0.2) is 30.5 Å². The number of aryl methyl sites for hydroxylation is 1. The normalized spacial score (nSPS) is 11.6. The summed E-state index contributed by atoms with van der Waals surface area (Å²) in [5.41, 5.74) is 1.78. The molecule has 8 heteroatoms. The van der Waals surface area contributed by atoms with Crippen LogP contribution < -0.4 is 10.1 Å². The van der Waals surface area contributed by atoms with Crippen LogP contribution in [0.5, 0.6) is 5.75 Å². The van der Waals surface area contributed by atoms with Crippen molar-refractivity contribution in [2.45, 2.75) is 33.2 Å². The molecule has 2 aromatic rings. The first-order chi connectivity index (χ1) is 14.3. The predicted molar refractivity (Wildman–Crippen MR) is 111 cm³/mol. The number of hydrogen-bond acceptors (Lipinski definition) is 6. The van der Waals surface area contributed by atoms with Gasteiger partial charge in [0, 0.05) is 6.07 Å². The molecule has 0 heterocycles. The average Bonchev–Trinajstić information content (AvgIpc) is 2.75. The van der Waals surface area contributed by atoms with E-state index in [4.69, 9.17) is 9.47 Å². The summed E-state index contributed by atoms with van der Waals surface area (Å²) in [5.74, 6) is -1.13. The molecule has 0 aliphatic carbocycles. The van der Waals surface area contributed by atoms with Crippen molar-refractivity contribution in [1.82, 2.24) is 5.32 Å². The minimum atomic E-state index is -0.829. The highest BCUT2D eigenvalue weighted by Crippen LogP contribution is 2.28. The fourth-order valence-corrected chi connectivity index (χ4v) is 2.98. The highest BCUT2D eigenvalue weighted by molar-refractivity contribution is 5.92. The number of esters is 1. The largest absolute Gasteiger partial charge is 0.490 e. The Labute approximate surface area is 175 Å². The monoisotopic (exact) mass is 414 g/mol. The molecular weight excluding hydrogens is 388 g/mol.